The van der Waals surface area contributed by atoms with Gasteiger partial charge in [0, 0.05) is 11.6 Å². The second kappa shape index (κ2) is 13.1. The molecule has 1 saturated heterocycles. The van der Waals surface area contributed by atoms with Gasteiger partial charge in [-0.3, -0.25) is 19.1 Å². The number of aliphatic hydroxyl groups is 2. The van der Waals surface area contributed by atoms with E-state index in [-0.39, 0.29) is 5.75 Å². The van der Waals surface area contributed by atoms with E-state index in [1.165, 1.54) is 6.92 Å². The molecule has 3 aromatic rings. The first-order valence-electron chi connectivity index (χ1n) is 12.9. The van der Waals surface area contributed by atoms with Crippen LogP contribution in [0, 0.1) is 0 Å². The van der Waals surface area contributed by atoms with Crippen molar-refractivity contribution in [2.45, 2.75) is 63.4 Å². The predicted octanol–water partition coefficient (Wildman–Crippen LogP) is 2.85. The Morgan fingerprint density at radius 1 is 1.21 bits per heavy atom. The van der Waals surface area contributed by atoms with Gasteiger partial charge in [-0.2, -0.15) is 0 Å². The Bertz CT molecular complexity index is 1650. The molecule has 4 N–H and O–H groups in total. The van der Waals surface area contributed by atoms with Crippen molar-refractivity contribution in [2.24, 2.45) is 0 Å². The van der Waals surface area contributed by atoms with Crippen LogP contribution in [-0.2, 0) is 30.6 Å². The number of carbonyl (C=O) groups excluding carboxylic acids is 1. The van der Waals surface area contributed by atoms with E-state index >= 15 is 0 Å². The normalized spacial score (nSPS) is 24.3. The van der Waals surface area contributed by atoms with Crippen LogP contribution in [0.1, 0.15) is 27.0 Å². The molecule has 1 aromatic heterocycles. The maximum Gasteiger partial charge on any atom is 0.330 e. The van der Waals surface area contributed by atoms with Gasteiger partial charge in [0.25, 0.3) is 12.0 Å². The summed E-state index contributed by atoms with van der Waals surface area (Å²) in [6.07, 6.45) is -9.51. The quantitative estimate of drug-likeness (QED) is 0.176. The number of carbonyl (C=O) groups is 1. The molecule has 2 aromatic carbocycles. The number of halogens is 3. The zero-order chi connectivity index (χ0) is 31.7. The first-order chi connectivity index (χ1) is 20.2. The van der Waals surface area contributed by atoms with Crippen LogP contribution in [0.3, 0.4) is 0 Å². The number of hydrogen-bond donors (Lipinski definition) is 4. The van der Waals surface area contributed by atoms with Crippen molar-refractivity contribution >= 4 is 46.8 Å². The molecule has 2 heterocycles. The first-order valence-corrected chi connectivity index (χ1v) is 15.9. The lowest BCUT2D eigenvalue weighted by molar-refractivity contribution is -0.192. The van der Waals surface area contributed by atoms with Crippen LogP contribution >= 0.6 is 18.2 Å². The summed E-state index contributed by atoms with van der Waals surface area (Å²) in [6.45, 7) is -0.430. The summed E-state index contributed by atoms with van der Waals surface area (Å²) in [7, 11) is 0. The van der Waals surface area contributed by atoms with Crippen molar-refractivity contribution in [1.82, 2.24) is 14.6 Å². The minimum Gasteiger partial charge on any atom is -0.462 e. The Kier molecular flexibility index (Phi) is 10.1. The van der Waals surface area contributed by atoms with Gasteiger partial charge in [-0.15, -0.1) is 0 Å². The molecular weight excluding hydrogens is 635 g/mol. The van der Waals surface area contributed by atoms with E-state index in [9.17, 15) is 33.4 Å². The molecule has 0 aliphatic carbocycles. The second-order valence-electron chi connectivity index (χ2n) is 10.0. The van der Waals surface area contributed by atoms with Gasteiger partial charge >= 0.3 is 18.3 Å². The Hall–Kier alpha value is -2.75. The topological polar surface area (TPSA) is 161 Å². The van der Waals surface area contributed by atoms with Crippen LogP contribution in [0.4, 0.5) is 8.78 Å². The van der Waals surface area contributed by atoms with Crippen molar-refractivity contribution < 1.29 is 42.3 Å². The fourth-order valence-electron chi connectivity index (χ4n) is 4.35. The number of benzene rings is 2. The highest BCUT2D eigenvalue weighted by atomic mass is 35.5. The van der Waals surface area contributed by atoms with E-state index in [1.807, 2.05) is 17.1 Å². The molecule has 12 nitrogen and oxygen atoms in total. The number of aromatic nitrogens is 2. The molecule has 0 saturated carbocycles. The average molecular weight is 664 g/mol. The summed E-state index contributed by atoms with van der Waals surface area (Å²) in [5.74, 6) is -0.510. The number of aliphatic hydroxyl groups excluding tert-OH is 2. The predicted molar refractivity (Wildman–Crippen MR) is 156 cm³/mol. The van der Waals surface area contributed by atoms with Gasteiger partial charge in [0.15, 0.2) is 11.8 Å². The highest BCUT2D eigenvalue weighted by Crippen LogP contribution is 2.50. The number of hydrogen-bond acceptors (Lipinski definition) is 10. The molecule has 6 atom stereocenters. The number of H-pyrrole nitrogens is 1. The number of fused-ring (bicyclic) bond motifs is 1. The SMILES string of the molecule is CC(C)OC(=O)[C@H](C)NP(=S)(OC[C@@]1(C(F)F)O[C@@H](n2cc(Cl)c(=O)[nH]c2=O)[C@H](O)[C@H]1O)Oc1cccc2ccccc12. The number of alkyl halides is 2. The average Bonchev–Trinajstić information content (AvgIpc) is 3.20. The van der Waals surface area contributed by atoms with E-state index in [0.717, 1.165) is 11.6 Å². The lowest BCUT2D eigenvalue weighted by atomic mass is 9.96. The van der Waals surface area contributed by atoms with Crippen molar-refractivity contribution in [2.75, 3.05) is 6.61 Å². The number of nitrogens with one attached hydrogen (secondary N) is 2. The highest BCUT2D eigenvalue weighted by Gasteiger charge is 2.61. The van der Waals surface area contributed by atoms with E-state index in [0.29, 0.717) is 9.95 Å². The molecule has 1 unspecified atom stereocenters. The zero-order valence-electron chi connectivity index (χ0n) is 23.0. The summed E-state index contributed by atoms with van der Waals surface area (Å²) in [4.78, 5) is 38.5. The molecule has 1 aliphatic rings. The van der Waals surface area contributed by atoms with Gasteiger partial charge in [-0.1, -0.05) is 48.0 Å². The molecule has 17 heteroatoms. The van der Waals surface area contributed by atoms with E-state index in [1.54, 1.807) is 44.2 Å². The fourth-order valence-corrected chi connectivity index (χ4v) is 6.92. The molecule has 43 heavy (non-hydrogen) atoms. The maximum absolute atomic E-state index is 14.7. The number of nitrogens with zero attached hydrogens (tertiary/aromatic N) is 1. The Morgan fingerprint density at radius 2 is 1.88 bits per heavy atom. The van der Waals surface area contributed by atoms with Gasteiger partial charge in [-0.05, 0) is 44.0 Å². The van der Waals surface area contributed by atoms with Crippen molar-refractivity contribution in [3.8, 4) is 5.75 Å². The third kappa shape index (κ3) is 6.99. The number of rotatable bonds is 11. The van der Waals surface area contributed by atoms with E-state index in [2.05, 4.69) is 5.09 Å². The van der Waals surface area contributed by atoms with Crippen molar-refractivity contribution in [3.63, 3.8) is 0 Å². The number of ether oxygens (including phenoxy) is 2. The molecule has 0 spiro atoms. The van der Waals surface area contributed by atoms with Crippen molar-refractivity contribution in [3.05, 3.63) is 74.5 Å². The number of aromatic amines is 1. The molecule has 0 bridgehead atoms. The molecule has 234 valence electrons. The van der Waals surface area contributed by atoms with Crippen molar-refractivity contribution in [1.29, 1.82) is 0 Å². The molecule has 4 rings (SSSR count). The highest BCUT2D eigenvalue weighted by molar-refractivity contribution is 8.09. The number of esters is 1. The van der Waals surface area contributed by atoms with Crippen LogP contribution in [-0.4, -0.2) is 68.7 Å². The van der Waals surface area contributed by atoms with Gasteiger partial charge in [-0.25, -0.2) is 18.7 Å². The van der Waals surface area contributed by atoms with E-state index < -0.39 is 78.1 Å². The van der Waals surface area contributed by atoms with Gasteiger partial charge in [0.1, 0.15) is 29.0 Å². The Labute approximate surface area is 253 Å². The van der Waals surface area contributed by atoms with Gasteiger partial charge in [0.05, 0.1) is 12.7 Å². The van der Waals surface area contributed by atoms with Crippen LogP contribution in [0.25, 0.3) is 10.8 Å². The van der Waals surface area contributed by atoms with Crippen LogP contribution in [0.2, 0.25) is 5.02 Å². The first kappa shape index (κ1) is 33.1. The smallest absolute Gasteiger partial charge is 0.330 e. The fraction of sp³-hybridized carbons (Fsp3) is 0.423. The molecule has 1 aliphatic heterocycles. The van der Waals surface area contributed by atoms with Gasteiger partial charge < -0.3 is 28.7 Å². The van der Waals surface area contributed by atoms with Crippen LogP contribution in [0.5, 0.6) is 5.75 Å². The maximum atomic E-state index is 14.7. The Balaban J connectivity index is 1.69. The largest absolute Gasteiger partial charge is 0.462 e. The summed E-state index contributed by atoms with van der Waals surface area (Å²) in [5.41, 5.74) is -5.04. The third-order valence-corrected chi connectivity index (χ3v) is 9.24. The second-order valence-corrected chi connectivity index (χ2v) is 13.6. The van der Waals surface area contributed by atoms with Crippen LogP contribution < -0.4 is 20.9 Å². The van der Waals surface area contributed by atoms with Crippen LogP contribution in [0.15, 0.2) is 58.3 Å². The minimum atomic E-state index is -3.96. The standard InChI is InChI=1S/C26H29ClF2N3O9PS/c1-13(2)39-23(36)14(3)31-42(43,41-18-10-6-8-15-7-4-5-9-16(15)18)38-12-26(24(28)29)20(34)19(33)22(40-26)32-11-17(27)21(35)30-25(32)37/h4-11,13-14,19-20,22,24,33-34H,12H2,1-3H3,(H,31,43)(H,30,35,37)/t14-,19+,20+,22+,26+,42?/m0/s1. The summed E-state index contributed by atoms with van der Waals surface area (Å²) in [5, 5.41) is 25.1. The monoisotopic (exact) mass is 663 g/mol. The molecule has 0 amide bonds. The molecule has 0 radical (unpaired) electrons. The third-order valence-electron chi connectivity index (χ3n) is 6.51. The summed E-state index contributed by atoms with van der Waals surface area (Å²) >= 11 is 11.4. The minimum absolute atomic E-state index is 0.213. The van der Waals surface area contributed by atoms with Gasteiger partial charge in [0.2, 0.25) is 0 Å². The Morgan fingerprint density at radius 3 is 2.56 bits per heavy atom. The zero-order valence-corrected chi connectivity index (χ0v) is 25.4. The molecule has 1 fully saturated rings. The molecular formula is C26H29ClF2N3O9PS. The van der Waals surface area contributed by atoms with E-state index in [4.69, 9.17) is 41.9 Å². The lowest BCUT2D eigenvalue weighted by Crippen LogP contribution is -2.53. The summed E-state index contributed by atoms with van der Waals surface area (Å²) in [6, 6.07) is 11.0. The lowest BCUT2D eigenvalue weighted by Gasteiger charge is -2.34. The summed E-state index contributed by atoms with van der Waals surface area (Å²) < 4.78 is 52.4.